The van der Waals surface area contributed by atoms with Crippen molar-refractivity contribution in [2.24, 2.45) is 0 Å². The molecule has 1 heterocycles. The SMILES string of the molecule is Cc1cc(C(=O)N(C)[C@H](C)[C@@H](C)S(C)(=O)=O)c(C)o1. The van der Waals surface area contributed by atoms with E-state index in [9.17, 15) is 13.2 Å². The summed E-state index contributed by atoms with van der Waals surface area (Å²) in [6.45, 7) is 6.83. The van der Waals surface area contributed by atoms with E-state index in [0.717, 1.165) is 0 Å². The van der Waals surface area contributed by atoms with Gasteiger partial charge in [0.2, 0.25) is 0 Å². The lowest BCUT2D eigenvalue weighted by atomic mass is 10.1. The maximum absolute atomic E-state index is 12.3. The molecule has 0 N–H and O–H groups in total. The van der Waals surface area contributed by atoms with E-state index in [1.54, 1.807) is 40.8 Å². The van der Waals surface area contributed by atoms with Crippen molar-refractivity contribution in [2.45, 2.75) is 39.0 Å². The Hall–Kier alpha value is -1.30. The molecule has 0 radical (unpaired) electrons. The molecule has 0 aliphatic heterocycles. The standard InChI is InChI=1S/C13H21NO4S/c1-8-7-12(10(3)18-8)13(15)14(5)9(2)11(4)19(6,16)17/h7,9,11H,1-6H3/t9-,11-/m1/s1. The first-order chi connectivity index (χ1) is 8.55. The van der Waals surface area contributed by atoms with Crippen LogP contribution in [-0.2, 0) is 9.84 Å². The highest BCUT2D eigenvalue weighted by atomic mass is 32.2. The fourth-order valence-electron chi connectivity index (χ4n) is 1.89. The minimum atomic E-state index is -3.19. The number of carbonyl (C=O) groups excluding carboxylic acids is 1. The van der Waals surface area contributed by atoms with Crippen LogP contribution in [0.4, 0.5) is 0 Å². The Labute approximate surface area is 114 Å². The fourth-order valence-corrected chi connectivity index (χ4v) is 2.79. The molecule has 0 aliphatic rings. The van der Waals surface area contributed by atoms with Gasteiger partial charge in [-0.2, -0.15) is 0 Å². The average Bonchev–Trinajstić information content (AvgIpc) is 2.63. The predicted octanol–water partition coefficient (Wildman–Crippen LogP) is 1.79. The minimum Gasteiger partial charge on any atom is -0.466 e. The predicted molar refractivity (Wildman–Crippen MR) is 74.0 cm³/mol. The highest BCUT2D eigenvalue weighted by molar-refractivity contribution is 7.91. The first-order valence-corrected chi connectivity index (χ1v) is 8.04. The van der Waals surface area contributed by atoms with Crippen LogP contribution < -0.4 is 0 Å². The topological polar surface area (TPSA) is 67.6 Å². The molecular formula is C13H21NO4S. The largest absolute Gasteiger partial charge is 0.466 e. The van der Waals surface area contributed by atoms with Gasteiger partial charge in [0.15, 0.2) is 9.84 Å². The van der Waals surface area contributed by atoms with E-state index < -0.39 is 21.1 Å². The van der Waals surface area contributed by atoms with E-state index in [1.807, 2.05) is 0 Å². The summed E-state index contributed by atoms with van der Waals surface area (Å²) in [5.74, 6) is 0.990. The Morgan fingerprint density at radius 2 is 1.84 bits per heavy atom. The molecule has 0 saturated heterocycles. The molecule has 19 heavy (non-hydrogen) atoms. The van der Waals surface area contributed by atoms with E-state index in [0.29, 0.717) is 17.1 Å². The number of rotatable bonds is 4. The Morgan fingerprint density at radius 3 is 2.21 bits per heavy atom. The molecule has 108 valence electrons. The summed E-state index contributed by atoms with van der Waals surface area (Å²) in [5.41, 5.74) is 0.479. The molecule has 0 aromatic carbocycles. The number of sulfone groups is 1. The van der Waals surface area contributed by atoms with Crippen LogP contribution in [0, 0.1) is 13.8 Å². The van der Waals surface area contributed by atoms with Crippen LogP contribution in [0.3, 0.4) is 0 Å². The van der Waals surface area contributed by atoms with Crippen LogP contribution in [0.25, 0.3) is 0 Å². The van der Waals surface area contributed by atoms with Gasteiger partial charge in [-0.15, -0.1) is 0 Å². The number of nitrogens with zero attached hydrogens (tertiary/aromatic N) is 1. The lowest BCUT2D eigenvalue weighted by Gasteiger charge is -2.28. The zero-order valence-corrected chi connectivity index (χ0v) is 13.0. The fraction of sp³-hybridized carbons (Fsp3) is 0.615. The number of hydrogen-bond acceptors (Lipinski definition) is 4. The van der Waals surface area contributed by atoms with E-state index in [-0.39, 0.29) is 5.91 Å². The van der Waals surface area contributed by atoms with Crippen LogP contribution in [0.5, 0.6) is 0 Å². The molecule has 2 atom stereocenters. The molecule has 1 aromatic heterocycles. The van der Waals surface area contributed by atoms with Crippen LogP contribution in [0.1, 0.15) is 35.7 Å². The molecule has 5 nitrogen and oxygen atoms in total. The molecule has 0 aliphatic carbocycles. The lowest BCUT2D eigenvalue weighted by molar-refractivity contribution is 0.0741. The number of amides is 1. The van der Waals surface area contributed by atoms with Crippen molar-refractivity contribution in [2.75, 3.05) is 13.3 Å². The molecule has 6 heteroatoms. The summed E-state index contributed by atoms with van der Waals surface area (Å²) < 4.78 is 28.4. The van der Waals surface area contributed by atoms with Gasteiger partial charge in [-0.05, 0) is 33.8 Å². The molecule has 0 fully saturated rings. The maximum atomic E-state index is 12.3. The van der Waals surface area contributed by atoms with Gasteiger partial charge in [-0.1, -0.05) is 0 Å². The number of carbonyl (C=O) groups is 1. The lowest BCUT2D eigenvalue weighted by Crippen LogP contribution is -2.44. The highest BCUT2D eigenvalue weighted by Crippen LogP contribution is 2.18. The molecule has 0 bridgehead atoms. The Bertz CT molecular complexity index is 573. The van der Waals surface area contributed by atoms with Gasteiger partial charge in [-0.3, -0.25) is 4.79 Å². The summed E-state index contributed by atoms with van der Waals surface area (Å²) in [4.78, 5) is 13.8. The Morgan fingerprint density at radius 1 is 1.32 bits per heavy atom. The quantitative estimate of drug-likeness (QED) is 0.846. The first kappa shape index (κ1) is 15.8. The van der Waals surface area contributed by atoms with E-state index in [1.165, 1.54) is 11.2 Å². The molecule has 1 aromatic rings. The van der Waals surface area contributed by atoms with Gasteiger partial charge in [-0.25, -0.2) is 8.42 Å². The van der Waals surface area contributed by atoms with Crippen LogP contribution >= 0.6 is 0 Å². The zero-order chi connectivity index (χ0) is 15.0. The van der Waals surface area contributed by atoms with Gasteiger partial charge in [0, 0.05) is 19.3 Å². The highest BCUT2D eigenvalue weighted by Gasteiger charge is 2.29. The van der Waals surface area contributed by atoms with E-state index in [2.05, 4.69) is 0 Å². The summed E-state index contributed by atoms with van der Waals surface area (Å²) in [5, 5.41) is -0.616. The Balaban J connectivity index is 2.98. The van der Waals surface area contributed by atoms with Gasteiger partial charge >= 0.3 is 0 Å². The Kier molecular flexibility index (Phi) is 4.45. The first-order valence-electron chi connectivity index (χ1n) is 6.08. The summed E-state index contributed by atoms with van der Waals surface area (Å²) >= 11 is 0. The third kappa shape index (κ3) is 3.37. The third-order valence-corrected chi connectivity index (χ3v) is 5.30. The number of hydrogen-bond donors (Lipinski definition) is 0. The molecule has 1 amide bonds. The van der Waals surface area contributed by atoms with Crippen LogP contribution in [0.2, 0.25) is 0 Å². The van der Waals surface area contributed by atoms with Crippen LogP contribution in [0.15, 0.2) is 10.5 Å². The van der Waals surface area contributed by atoms with Crippen molar-refractivity contribution in [1.82, 2.24) is 4.90 Å². The zero-order valence-electron chi connectivity index (χ0n) is 12.2. The second kappa shape index (κ2) is 5.36. The molecule has 0 spiro atoms. The van der Waals surface area contributed by atoms with Crippen molar-refractivity contribution in [3.63, 3.8) is 0 Å². The summed E-state index contributed by atoms with van der Waals surface area (Å²) in [6.07, 6.45) is 1.18. The molecule has 0 saturated carbocycles. The summed E-state index contributed by atoms with van der Waals surface area (Å²) in [7, 11) is -1.58. The van der Waals surface area contributed by atoms with Crippen molar-refractivity contribution in [3.8, 4) is 0 Å². The second-order valence-corrected chi connectivity index (χ2v) is 7.42. The van der Waals surface area contributed by atoms with Gasteiger partial charge < -0.3 is 9.32 Å². The maximum Gasteiger partial charge on any atom is 0.257 e. The normalized spacial score (nSPS) is 15.1. The average molecular weight is 287 g/mol. The van der Waals surface area contributed by atoms with Gasteiger partial charge in [0.1, 0.15) is 11.5 Å². The number of furan rings is 1. The number of aryl methyl sites for hydroxylation is 2. The van der Waals surface area contributed by atoms with E-state index >= 15 is 0 Å². The molecular weight excluding hydrogens is 266 g/mol. The molecule has 0 unspecified atom stereocenters. The van der Waals surface area contributed by atoms with Crippen molar-refractivity contribution >= 4 is 15.7 Å². The third-order valence-electron chi connectivity index (χ3n) is 3.56. The van der Waals surface area contributed by atoms with Gasteiger partial charge in [0.05, 0.1) is 10.8 Å². The van der Waals surface area contributed by atoms with E-state index in [4.69, 9.17) is 4.42 Å². The second-order valence-electron chi connectivity index (χ2n) is 5.02. The van der Waals surface area contributed by atoms with Crippen molar-refractivity contribution < 1.29 is 17.6 Å². The van der Waals surface area contributed by atoms with Crippen molar-refractivity contribution in [3.05, 3.63) is 23.2 Å². The monoisotopic (exact) mass is 287 g/mol. The van der Waals surface area contributed by atoms with Gasteiger partial charge in [0.25, 0.3) is 5.91 Å². The minimum absolute atomic E-state index is 0.225. The smallest absolute Gasteiger partial charge is 0.257 e. The summed E-state index contributed by atoms with van der Waals surface area (Å²) in [6, 6.07) is 1.27. The molecule has 1 rings (SSSR count). The van der Waals surface area contributed by atoms with Crippen LogP contribution in [-0.4, -0.2) is 43.8 Å². The van der Waals surface area contributed by atoms with Crippen molar-refractivity contribution in [1.29, 1.82) is 0 Å².